The zero-order valence-corrected chi connectivity index (χ0v) is 10.6. The van der Waals surface area contributed by atoms with Gasteiger partial charge in [0.25, 0.3) is 0 Å². The lowest BCUT2D eigenvalue weighted by molar-refractivity contribution is -0.131. The van der Waals surface area contributed by atoms with Crippen LogP contribution in [0.25, 0.3) is 0 Å². The highest BCUT2D eigenvalue weighted by Gasteiger charge is 2.34. The number of nitrogens with one attached hydrogen (secondary N) is 2. The first kappa shape index (κ1) is 13.0. The minimum Gasteiger partial charge on any atom is -0.352 e. The molecule has 0 aromatic heterocycles. The number of benzene rings is 1. The van der Waals surface area contributed by atoms with E-state index < -0.39 is 0 Å². The van der Waals surface area contributed by atoms with Crippen molar-refractivity contribution < 1.29 is 9.18 Å². The molecule has 0 aliphatic carbocycles. The van der Waals surface area contributed by atoms with E-state index in [9.17, 15) is 9.18 Å². The Hall–Kier alpha value is -1.42. The predicted octanol–water partition coefficient (Wildman–Crippen LogP) is 1.83. The highest BCUT2D eigenvalue weighted by Crippen LogP contribution is 2.27. The van der Waals surface area contributed by atoms with Crippen molar-refractivity contribution in [1.82, 2.24) is 10.6 Å². The molecule has 3 nitrogen and oxygen atoms in total. The summed E-state index contributed by atoms with van der Waals surface area (Å²) in [6, 6.07) is 6.21. The first-order valence-corrected chi connectivity index (χ1v) is 6.34. The van der Waals surface area contributed by atoms with Gasteiger partial charge < -0.3 is 10.6 Å². The summed E-state index contributed by atoms with van der Waals surface area (Å²) in [7, 11) is 0. The van der Waals surface area contributed by atoms with Crippen molar-refractivity contribution in [1.29, 1.82) is 0 Å². The normalized spacial score (nSPS) is 18.3. The van der Waals surface area contributed by atoms with Gasteiger partial charge in [-0.1, -0.05) is 19.1 Å². The van der Waals surface area contributed by atoms with Crippen molar-refractivity contribution in [3.63, 3.8) is 0 Å². The van der Waals surface area contributed by atoms with Gasteiger partial charge in [0.1, 0.15) is 5.82 Å². The van der Waals surface area contributed by atoms with Crippen LogP contribution >= 0.6 is 0 Å². The van der Waals surface area contributed by atoms with E-state index in [-0.39, 0.29) is 17.1 Å². The Labute approximate surface area is 107 Å². The molecular formula is C14H19FN2O. The van der Waals surface area contributed by atoms with E-state index in [2.05, 4.69) is 10.6 Å². The van der Waals surface area contributed by atoms with Crippen molar-refractivity contribution in [2.45, 2.75) is 26.3 Å². The molecule has 18 heavy (non-hydrogen) atoms. The molecule has 1 aliphatic rings. The smallest absolute Gasteiger partial charge is 0.226 e. The molecule has 1 fully saturated rings. The third kappa shape index (κ3) is 3.07. The van der Waals surface area contributed by atoms with Crippen LogP contribution in [0, 0.1) is 11.2 Å². The van der Waals surface area contributed by atoms with Crippen molar-refractivity contribution >= 4 is 5.91 Å². The number of rotatable bonds is 3. The summed E-state index contributed by atoms with van der Waals surface area (Å²) >= 11 is 0. The number of hydrogen-bond donors (Lipinski definition) is 2. The van der Waals surface area contributed by atoms with Crippen LogP contribution < -0.4 is 10.6 Å². The van der Waals surface area contributed by atoms with Gasteiger partial charge in [0.2, 0.25) is 5.91 Å². The molecule has 0 spiro atoms. The Morgan fingerprint density at radius 3 is 2.56 bits per heavy atom. The van der Waals surface area contributed by atoms with Crippen LogP contribution in [0.3, 0.4) is 0 Å². The molecule has 1 aliphatic heterocycles. The Morgan fingerprint density at radius 2 is 1.94 bits per heavy atom. The lowest BCUT2D eigenvalue weighted by Crippen LogP contribution is -2.45. The Morgan fingerprint density at radius 1 is 1.33 bits per heavy atom. The molecule has 0 bridgehead atoms. The van der Waals surface area contributed by atoms with Gasteiger partial charge in [0, 0.05) is 12.0 Å². The number of piperidine rings is 1. The quantitative estimate of drug-likeness (QED) is 0.859. The van der Waals surface area contributed by atoms with Crippen molar-refractivity contribution in [2.24, 2.45) is 5.41 Å². The van der Waals surface area contributed by atoms with E-state index in [1.165, 1.54) is 12.1 Å². The molecule has 0 saturated carbocycles. The van der Waals surface area contributed by atoms with E-state index in [0.29, 0.717) is 6.54 Å². The zero-order chi connectivity index (χ0) is 13.0. The molecule has 4 heteroatoms. The van der Waals surface area contributed by atoms with Gasteiger partial charge in [-0.3, -0.25) is 4.79 Å². The van der Waals surface area contributed by atoms with Crippen LogP contribution in [0.2, 0.25) is 0 Å². The maximum atomic E-state index is 12.7. The van der Waals surface area contributed by atoms with Gasteiger partial charge in [-0.15, -0.1) is 0 Å². The third-order valence-electron chi connectivity index (χ3n) is 3.62. The number of halogens is 1. The van der Waals surface area contributed by atoms with Gasteiger partial charge in [-0.25, -0.2) is 4.39 Å². The Bertz CT molecular complexity index is 410. The standard InChI is InChI=1S/C14H19FN2O/c1-14(6-8-16-9-7-14)13(18)17-10-11-2-4-12(15)5-3-11/h2-5,16H,6-10H2,1H3,(H,17,18). The molecular weight excluding hydrogens is 231 g/mol. The molecule has 0 radical (unpaired) electrons. The lowest BCUT2D eigenvalue weighted by atomic mass is 9.80. The van der Waals surface area contributed by atoms with Gasteiger partial charge >= 0.3 is 0 Å². The summed E-state index contributed by atoms with van der Waals surface area (Å²) in [5.74, 6) is -0.163. The van der Waals surface area contributed by atoms with Crippen LogP contribution in [-0.2, 0) is 11.3 Å². The monoisotopic (exact) mass is 250 g/mol. The van der Waals surface area contributed by atoms with Gasteiger partial charge in [-0.2, -0.15) is 0 Å². The zero-order valence-electron chi connectivity index (χ0n) is 10.6. The summed E-state index contributed by atoms with van der Waals surface area (Å²) < 4.78 is 12.7. The van der Waals surface area contributed by atoms with Crippen molar-refractivity contribution in [3.8, 4) is 0 Å². The fourth-order valence-electron chi connectivity index (χ4n) is 2.20. The fraction of sp³-hybridized carbons (Fsp3) is 0.500. The topological polar surface area (TPSA) is 41.1 Å². The van der Waals surface area contributed by atoms with Crippen LogP contribution in [0.15, 0.2) is 24.3 Å². The summed E-state index contributed by atoms with van der Waals surface area (Å²) in [6.07, 6.45) is 1.73. The van der Waals surface area contributed by atoms with Crippen molar-refractivity contribution in [2.75, 3.05) is 13.1 Å². The number of carbonyl (C=O) groups excluding carboxylic acids is 1. The first-order chi connectivity index (χ1) is 8.60. The second-order valence-electron chi connectivity index (χ2n) is 5.12. The molecule has 98 valence electrons. The summed E-state index contributed by atoms with van der Waals surface area (Å²) in [4.78, 5) is 12.1. The molecule has 1 saturated heterocycles. The molecule has 1 amide bonds. The summed E-state index contributed by atoms with van der Waals surface area (Å²) in [5, 5.41) is 6.19. The Kier molecular flexibility index (Phi) is 3.97. The molecule has 1 aromatic carbocycles. The molecule has 0 atom stereocenters. The van der Waals surface area contributed by atoms with Crippen LogP contribution in [0.1, 0.15) is 25.3 Å². The highest BCUT2D eigenvalue weighted by molar-refractivity contribution is 5.82. The van der Waals surface area contributed by atoms with Crippen molar-refractivity contribution in [3.05, 3.63) is 35.6 Å². The number of amides is 1. The minimum atomic E-state index is -0.273. The average Bonchev–Trinajstić information content (AvgIpc) is 2.38. The maximum absolute atomic E-state index is 12.7. The second kappa shape index (κ2) is 5.48. The second-order valence-corrected chi connectivity index (χ2v) is 5.12. The number of hydrogen-bond acceptors (Lipinski definition) is 2. The van der Waals surface area contributed by atoms with Crippen LogP contribution in [0.4, 0.5) is 4.39 Å². The summed E-state index contributed by atoms with van der Waals surface area (Å²) in [5.41, 5.74) is 0.646. The lowest BCUT2D eigenvalue weighted by Gasteiger charge is -2.32. The van der Waals surface area contributed by atoms with E-state index in [4.69, 9.17) is 0 Å². The molecule has 2 N–H and O–H groups in total. The van der Waals surface area contributed by atoms with E-state index in [0.717, 1.165) is 31.5 Å². The molecule has 1 aromatic rings. The van der Waals surface area contributed by atoms with E-state index in [1.807, 2.05) is 6.92 Å². The molecule has 1 heterocycles. The SMILES string of the molecule is CC1(C(=O)NCc2ccc(F)cc2)CCNCC1. The van der Waals surface area contributed by atoms with Crippen LogP contribution in [0.5, 0.6) is 0 Å². The fourth-order valence-corrected chi connectivity index (χ4v) is 2.20. The number of carbonyl (C=O) groups is 1. The van der Waals surface area contributed by atoms with Crippen LogP contribution in [-0.4, -0.2) is 19.0 Å². The largest absolute Gasteiger partial charge is 0.352 e. The van der Waals surface area contributed by atoms with E-state index in [1.54, 1.807) is 12.1 Å². The van der Waals surface area contributed by atoms with Gasteiger partial charge in [0.05, 0.1) is 0 Å². The maximum Gasteiger partial charge on any atom is 0.226 e. The highest BCUT2D eigenvalue weighted by atomic mass is 19.1. The van der Waals surface area contributed by atoms with Gasteiger partial charge in [0.15, 0.2) is 0 Å². The molecule has 2 rings (SSSR count). The van der Waals surface area contributed by atoms with E-state index >= 15 is 0 Å². The van der Waals surface area contributed by atoms with Gasteiger partial charge in [-0.05, 0) is 43.6 Å². The summed E-state index contributed by atoms with van der Waals surface area (Å²) in [6.45, 7) is 4.25. The third-order valence-corrected chi connectivity index (χ3v) is 3.62. The molecule has 0 unspecified atom stereocenters. The average molecular weight is 250 g/mol. The Balaban J connectivity index is 1.89. The minimum absolute atomic E-state index is 0.0910. The first-order valence-electron chi connectivity index (χ1n) is 6.34. The predicted molar refractivity (Wildman–Crippen MR) is 68.5 cm³/mol.